The first kappa shape index (κ1) is 21.3. The molecule has 1 amide bonds. The monoisotopic (exact) mass is 426 g/mol. The summed E-state index contributed by atoms with van der Waals surface area (Å²) in [5.41, 5.74) is -0.655. The van der Waals surface area contributed by atoms with Gasteiger partial charge in [-0.15, -0.1) is 0 Å². The third-order valence-electron chi connectivity index (χ3n) is 5.35. The molecule has 0 N–H and O–H groups in total. The second-order valence-corrected chi connectivity index (χ2v) is 9.43. The van der Waals surface area contributed by atoms with Crippen LogP contribution >= 0.6 is 0 Å². The maximum absolute atomic E-state index is 12.9. The number of likely N-dealkylation sites (tertiary alicyclic amines) is 1. The van der Waals surface area contributed by atoms with Crippen LogP contribution in [0.25, 0.3) is 0 Å². The minimum absolute atomic E-state index is 0.211. The summed E-state index contributed by atoms with van der Waals surface area (Å²) in [5, 5.41) is -0.849. The lowest BCUT2D eigenvalue weighted by molar-refractivity contribution is -0.137. The van der Waals surface area contributed by atoms with E-state index in [1.165, 1.54) is 19.2 Å². The van der Waals surface area contributed by atoms with Gasteiger partial charge in [0.2, 0.25) is 0 Å². The van der Waals surface area contributed by atoms with Crippen molar-refractivity contribution in [2.75, 3.05) is 13.1 Å². The minimum Gasteiger partial charge on any atom is -0.337 e. The van der Waals surface area contributed by atoms with Crippen molar-refractivity contribution in [3.8, 4) is 0 Å². The van der Waals surface area contributed by atoms with Crippen LogP contribution in [0.1, 0.15) is 35.8 Å². The SMILES string of the molecule is C[C@@H](C1CCN(C(=O)c2ccccn2)CC1)S(=O)(=O)c1cccc(C(F)(F)F)c1. The zero-order chi connectivity index (χ0) is 21.2. The van der Waals surface area contributed by atoms with Gasteiger partial charge in [0.15, 0.2) is 9.84 Å². The van der Waals surface area contributed by atoms with E-state index in [9.17, 15) is 26.4 Å². The third kappa shape index (κ3) is 4.60. The topological polar surface area (TPSA) is 67.3 Å². The van der Waals surface area contributed by atoms with Crippen LogP contribution in [0.5, 0.6) is 0 Å². The van der Waals surface area contributed by atoms with Crippen molar-refractivity contribution in [2.24, 2.45) is 5.92 Å². The van der Waals surface area contributed by atoms with Crippen LogP contribution in [0.15, 0.2) is 53.6 Å². The normalized spacial score (nSPS) is 17.2. The summed E-state index contributed by atoms with van der Waals surface area (Å²) < 4.78 is 64.6. The first-order valence-electron chi connectivity index (χ1n) is 9.22. The number of benzene rings is 1. The molecule has 0 bridgehead atoms. The minimum atomic E-state index is -4.61. The van der Waals surface area contributed by atoms with Crippen LogP contribution in [0.3, 0.4) is 0 Å². The number of rotatable bonds is 4. The van der Waals surface area contributed by atoms with Gasteiger partial charge in [0.05, 0.1) is 15.7 Å². The van der Waals surface area contributed by atoms with Gasteiger partial charge in [-0.3, -0.25) is 9.78 Å². The van der Waals surface area contributed by atoms with Gasteiger partial charge >= 0.3 is 6.18 Å². The molecular weight excluding hydrogens is 405 g/mol. The molecule has 2 heterocycles. The molecule has 1 atom stereocenters. The van der Waals surface area contributed by atoms with Crippen LogP contribution in [0.2, 0.25) is 0 Å². The molecule has 9 heteroatoms. The average Bonchev–Trinajstić information content (AvgIpc) is 2.73. The number of aromatic nitrogens is 1. The van der Waals surface area contributed by atoms with E-state index in [1.54, 1.807) is 23.1 Å². The van der Waals surface area contributed by atoms with E-state index in [0.29, 0.717) is 37.7 Å². The van der Waals surface area contributed by atoms with E-state index < -0.39 is 26.8 Å². The zero-order valence-electron chi connectivity index (χ0n) is 15.8. The summed E-state index contributed by atoms with van der Waals surface area (Å²) in [7, 11) is -3.93. The molecule has 5 nitrogen and oxygen atoms in total. The molecule has 1 aliphatic rings. The molecule has 0 unspecified atom stereocenters. The van der Waals surface area contributed by atoms with Gasteiger partial charge in [-0.2, -0.15) is 13.2 Å². The molecule has 1 aromatic heterocycles. The van der Waals surface area contributed by atoms with E-state index in [-0.39, 0.29) is 16.7 Å². The summed E-state index contributed by atoms with van der Waals surface area (Å²) >= 11 is 0. The molecule has 3 rings (SSSR count). The van der Waals surface area contributed by atoms with Gasteiger partial charge in [0.1, 0.15) is 5.69 Å². The Morgan fingerprint density at radius 1 is 1.14 bits per heavy atom. The fraction of sp³-hybridized carbons (Fsp3) is 0.400. The van der Waals surface area contributed by atoms with Crippen molar-refractivity contribution >= 4 is 15.7 Å². The highest BCUT2D eigenvalue weighted by atomic mass is 32.2. The second-order valence-electron chi connectivity index (χ2n) is 7.12. The van der Waals surface area contributed by atoms with E-state index in [4.69, 9.17) is 0 Å². The number of amides is 1. The molecule has 29 heavy (non-hydrogen) atoms. The van der Waals surface area contributed by atoms with Crippen LogP contribution < -0.4 is 0 Å². The van der Waals surface area contributed by atoms with Crippen LogP contribution in [-0.2, 0) is 16.0 Å². The molecule has 0 spiro atoms. The zero-order valence-corrected chi connectivity index (χ0v) is 16.6. The van der Waals surface area contributed by atoms with Crippen molar-refractivity contribution in [1.82, 2.24) is 9.88 Å². The number of nitrogens with zero attached hydrogens (tertiary/aromatic N) is 2. The smallest absolute Gasteiger partial charge is 0.337 e. The second kappa shape index (κ2) is 8.14. The third-order valence-corrected chi connectivity index (χ3v) is 7.63. The van der Waals surface area contributed by atoms with Gasteiger partial charge < -0.3 is 4.90 Å². The number of hydrogen-bond donors (Lipinski definition) is 0. The van der Waals surface area contributed by atoms with Crippen molar-refractivity contribution in [2.45, 2.75) is 36.1 Å². The van der Waals surface area contributed by atoms with E-state index >= 15 is 0 Å². The van der Waals surface area contributed by atoms with Gasteiger partial charge in [-0.1, -0.05) is 12.1 Å². The molecule has 1 aromatic carbocycles. The van der Waals surface area contributed by atoms with Crippen LogP contribution in [-0.4, -0.2) is 42.5 Å². The van der Waals surface area contributed by atoms with Gasteiger partial charge in [-0.05, 0) is 56.0 Å². The number of halogens is 3. The van der Waals surface area contributed by atoms with E-state index in [0.717, 1.165) is 12.1 Å². The lowest BCUT2D eigenvalue weighted by Gasteiger charge is -2.34. The average molecular weight is 426 g/mol. The molecule has 1 aliphatic heterocycles. The van der Waals surface area contributed by atoms with Crippen molar-refractivity contribution in [3.05, 3.63) is 59.9 Å². The Kier molecular flexibility index (Phi) is 5.97. The number of pyridine rings is 1. The largest absolute Gasteiger partial charge is 0.416 e. The lowest BCUT2D eigenvalue weighted by atomic mass is 9.94. The van der Waals surface area contributed by atoms with Crippen molar-refractivity contribution in [3.63, 3.8) is 0 Å². The number of alkyl halides is 3. The predicted molar refractivity (Wildman–Crippen MR) is 101 cm³/mol. The molecule has 1 fully saturated rings. The van der Waals surface area contributed by atoms with Gasteiger partial charge in [0.25, 0.3) is 5.91 Å². The lowest BCUT2D eigenvalue weighted by Crippen LogP contribution is -2.42. The molecule has 0 saturated carbocycles. The van der Waals surface area contributed by atoms with Gasteiger partial charge in [-0.25, -0.2) is 8.42 Å². The highest BCUT2D eigenvalue weighted by Gasteiger charge is 2.36. The van der Waals surface area contributed by atoms with Gasteiger partial charge in [0, 0.05) is 19.3 Å². The van der Waals surface area contributed by atoms with E-state index in [2.05, 4.69) is 4.98 Å². The standard InChI is InChI=1S/C20H21F3N2O3S/c1-14(29(27,28)17-6-4-5-16(13-17)20(21,22)23)15-8-11-25(12-9-15)19(26)18-7-2-3-10-24-18/h2-7,10,13-15H,8-9,11-12H2,1H3/t14-/m0/s1. The summed E-state index contributed by atoms with van der Waals surface area (Å²) in [6, 6.07) is 8.89. The van der Waals surface area contributed by atoms with Crippen molar-refractivity contribution < 1.29 is 26.4 Å². The Morgan fingerprint density at radius 2 is 1.83 bits per heavy atom. The van der Waals surface area contributed by atoms with Crippen LogP contribution in [0.4, 0.5) is 13.2 Å². The molecule has 156 valence electrons. The number of carbonyl (C=O) groups is 1. The summed E-state index contributed by atoms with van der Waals surface area (Å²) in [6.45, 7) is 2.28. The van der Waals surface area contributed by atoms with Crippen molar-refractivity contribution in [1.29, 1.82) is 0 Å². The molecular formula is C20H21F3N2O3S. The molecule has 0 radical (unpaired) electrons. The fourth-order valence-electron chi connectivity index (χ4n) is 3.54. The number of hydrogen-bond acceptors (Lipinski definition) is 4. The maximum atomic E-state index is 12.9. The highest BCUT2D eigenvalue weighted by Crippen LogP contribution is 2.33. The maximum Gasteiger partial charge on any atom is 0.416 e. The summed E-state index contributed by atoms with van der Waals surface area (Å²) in [4.78, 5) is 17.8. The molecule has 0 aliphatic carbocycles. The number of sulfone groups is 1. The first-order chi connectivity index (χ1) is 13.6. The Balaban J connectivity index is 1.70. The molecule has 2 aromatic rings. The highest BCUT2D eigenvalue weighted by molar-refractivity contribution is 7.92. The Labute approximate surface area is 167 Å². The van der Waals surface area contributed by atoms with Crippen LogP contribution in [0, 0.1) is 5.92 Å². The number of carbonyl (C=O) groups excluding carboxylic acids is 1. The first-order valence-corrected chi connectivity index (χ1v) is 10.8. The predicted octanol–water partition coefficient (Wildman–Crippen LogP) is 3.82. The quantitative estimate of drug-likeness (QED) is 0.746. The number of piperidine rings is 1. The summed E-state index contributed by atoms with van der Waals surface area (Å²) in [5.74, 6) is -0.459. The summed E-state index contributed by atoms with van der Waals surface area (Å²) in [6.07, 6.45) is -2.16. The molecule has 1 saturated heterocycles. The Morgan fingerprint density at radius 3 is 2.41 bits per heavy atom. The fourth-order valence-corrected chi connectivity index (χ4v) is 5.31. The van der Waals surface area contributed by atoms with E-state index in [1.807, 2.05) is 0 Å². The Hall–Kier alpha value is -2.42. The Bertz CT molecular complexity index is 970.